The van der Waals surface area contributed by atoms with Crippen molar-refractivity contribution < 1.29 is 14.2 Å². The Bertz CT molecular complexity index is 524. The van der Waals surface area contributed by atoms with E-state index >= 15 is 0 Å². The molecule has 2 heterocycles. The number of rotatable bonds is 5. The van der Waals surface area contributed by atoms with Crippen LogP contribution in [-0.2, 0) is 16.0 Å². The zero-order chi connectivity index (χ0) is 15.4. The second kappa shape index (κ2) is 6.92. The zero-order valence-corrected chi connectivity index (χ0v) is 13.3. The normalized spacial score (nSPS) is 19.3. The first-order chi connectivity index (χ1) is 10.7. The Labute approximate surface area is 132 Å². The minimum absolute atomic E-state index is 0.305. The smallest absolute Gasteiger partial charge is 0.232 e. The summed E-state index contributed by atoms with van der Waals surface area (Å²) in [5, 5.41) is 0. The molecule has 0 aliphatic carbocycles. The van der Waals surface area contributed by atoms with Crippen molar-refractivity contribution in [3.63, 3.8) is 0 Å². The molecule has 0 radical (unpaired) electrons. The Morgan fingerprint density at radius 2 is 2.14 bits per heavy atom. The molecule has 2 aliphatic rings. The van der Waals surface area contributed by atoms with Gasteiger partial charge in [-0.1, -0.05) is 12.1 Å². The van der Waals surface area contributed by atoms with Crippen LogP contribution in [-0.4, -0.2) is 49.9 Å². The quantitative estimate of drug-likeness (QED) is 0.834. The number of ether oxygens (including phenoxy) is 3. The van der Waals surface area contributed by atoms with Gasteiger partial charge in [-0.25, -0.2) is 0 Å². The van der Waals surface area contributed by atoms with Crippen LogP contribution >= 0.6 is 0 Å². The van der Waals surface area contributed by atoms with Crippen molar-refractivity contribution in [2.75, 3.05) is 34.0 Å². The van der Waals surface area contributed by atoms with Crippen molar-refractivity contribution in [1.82, 2.24) is 9.80 Å². The minimum atomic E-state index is 0.305. The Morgan fingerprint density at radius 1 is 1.32 bits per heavy atom. The molecule has 2 aliphatic heterocycles. The minimum Gasteiger partial charge on any atom is -0.490 e. The molecular formula is C17H24N2O3. The van der Waals surface area contributed by atoms with Crippen LogP contribution in [0.5, 0.6) is 5.75 Å². The first-order valence-electron chi connectivity index (χ1n) is 7.80. The summed E-state index contributed by atoms with van der Waals surface area (Å²) in [6, 6.07) is 8.31. The highest BCUT2D eigenvalue weighted by Gasteiger charge is 2.18. The van der Waals surface area contributed by atoms with Crippen molar-refractivity contribution >= 4 is 0 Å². The summed E-state index contributed by atoms with van der Waals surface area (Å²) in [4.78, 5) is 4.38. The molecule has 0 N–H and O–H groups in total. The molecule has 1 aromatic carbocycles. The maximum absolute atomic E-state index is 6.14. The summed E-state index contributed by atoms with van der Waals surface area (Å²) >= 11 is 0. The number of likely N-dealkylation sites (tertiary alicyclic amines) is 1. The number of benzene rings is 1. The molecule has 0 amide bonds. The first kappa shape index (κ1) is 15.0. The Hall–Kier alpha value is -1.88. The number of nitrogens with zero attached hydrogens (tertiary/aromatic N) is 2. The van der Waals surface area contributed by atoms with E-state index in [-0.39, 0.29) is 0 Å². The van der Waals surface area contributed by atoms with Crippen LogP contribution in [0.2, 0.25) is 0 Å². The molecule has 0 bridgehead atoms. The molecule has 5 nitrogen and oxygen atoms in total. The molecule has 1 fully saturated rings. The summed E-state index contributed by atoms with van der Waals surface area (Å²) in [5.41, 5.74) is 1.20. The second-order valence-corrected chi connectivity index (χ2v) is 6.01. The molecule has 0 atom stereocenters. The highest BCUT2D eigenvalue weighted by atomic mass is 16.7. The van der Waals surface area contributed by atoms with Gasteiger partial charge in [-0.3, -0.25) is 0 Å². The molecule has 5 heteroatoms. The fourth-order valence-electron chi connectivity index (χ4n) is 2.80. The van der Waals surface area contributed by atoms with Crippen molar-refractivity contribution in [1.29, 1.82) is 0 Å². The van der Waals surface area contributed by atoms with Gasteiger partial charge >= 0.3 is 0 Å². The van der Waals surface area contributed by atoms with Crippen LogP contribution in [0.3, 0.4) is 0 Å². The molecule has 0 unspecified atom stereocenters. The lowest BCUT2D eigenvalue weighted by Crippen LogP contribution is -2.35. The van der Waals surface area contributed by atoms with Gasteiger partial charge in [0, 0.05) is 26.7 Å². The predicted molar refractivity (Wildman–Crippen MR) is 84.2 cm³/mol. The summed E-state index contributed by atoms with van der Waals surface area (Å²) in [6.07, 6.45) is 4.18. The monoisotopic (exact) mass is 304 g/mol. The van der Waals surface area contributed by atoms with Gasteiger partial charge in [-0.2, -0.15) is 0 Å². The molecule has 0 spiro atoms. The van der Waals surface area contributed by atoms with E-state index in [1.807, 2.05) is 24.1 Å². The number of hydrogen-bond acceptors (Lipinski definition) is 5. The molecule has 0 aromatic heterocycles. The molecule has 22 heavy (non-hydrogen) atoms. The van der Waals surface area contributed by atoms with Gasteiger partial charge in [-0.15, -0.1) is 0 Å². The van der Waals surface area contributed by atoms with Gasteiger partial charge < -0.3 is 24.0 Å². The van der Waals surface area contributed by atoms with Gasteiger partial charge in [0.15, 0.2) is 0 Å². The van der Waals surface area contributed by atoms with E-state index in [4.69, 9.17) is 14.2 Å². The lowest BCUT2D eigenvalue weighted by atomic mass is 10.1. The van der Waals surface area contributed by atoms with E-state index in [0.717, 1.165) is 44.1 Å². The SMILES string of the molecule is CN1CCC(Oc2cccc(CN(C)C3=COCO3)c2)CC1. The maximum atomic E-state index is 6.14. The molecule has 0 saturated carbocycles. The standard InChI is InChI=1S/C17H24N2O3/c1-18-8-6-15(7-9-18)22-16-5-3-4-14(10-16)11-19(2)17-12-20-13-21-17/h3-5,10,12,15H,6-9,11,13H2,1-2H3. The van der Waals surface area contributed by atoms with Gasteiger partial charge in [0.05, 0.1) is 0 Å². The molecule has 120 valence electrons. The van der Waals surface area contributed by atoms with Crippen molar-refractivity contribution in [2.24, 2.45) is 0 Å². The topological polar surface area (TPSA) is 34.2 Å². The second-order valence-electron chi connectivity index (χ2n) is 6.01. The maximum Gasteiger partial charge on any atom is 0.232 e. The lowest BCUT2D eigenvalue weighted by molar-refractivity contribution is 0.0524. The summed E-state index contributed by atoms with van der Waals surface area (Å²) in [5.74, 6) is 1.72. The van der Waals surface area contributed by atoms with Crippen LogP contribution < -0.4 is 4.74 Å². The third-order valence-electron chi connectivity index (χ3n) is 4.12. The van der Waals surface area contributed by atoms with Crippen LogP contribution in [0.15, 0.2) is 36.4 Å². The fourth-order valence-corrected chi connectivity index (χ4v) is 2.80. The zero-order valence-electron chi connectivity index (χ0n) is 13.3. The Kier molecular flexibility index (Phi) is 4.73. The third-order valence-corrected chi connectivity index (χ3v) is 4.12. The fraction of sp³-hybridized carbons (Fsp3) is 0.529. The molecule has 1 aromatic rings. The average molecular weight is 304 g/mol. The van der Waals surface area contributed by atoms with Crippen LogP contribution in [0.25, 0.3) is 0 Å². The van der Waals surface area contributed by atoms with Crippen molar-refractivity contribution in [2.45, 2.75) is 25.5 Å². The highest BCUT2D eigenvalue weighted by molar-refractivity contribution is 5.29. The Balaban J connectivity index is 1.57. The summed E-state index contributed by atoms with van der Waals surface area (Å²) in [6.45, 7) is 3.29. The summed E-state index contributed by atoms with van der Waals surface area (Å²) < 4.78 is 16.6. The van der Waals surface area contributed by atoms with E-state index < -0.39 is 0 Å². The molecular weight excluding hydrogens is 280 g/mol. The van der Waals surface area contributed by atoms with E-state index in [9.17, 15) is 0 Å². The van der Waals surface area contributed by atoms with E-state index in [2.05, 4.69) is 24.1 Å². The van der Waals surface area contributed by atoms with Gasteiger partial charge in [0.25, 0.3) is 0 Å². The number of hydrogen-bond donors (Lipinski definition) is 0. The first-order valence-corrected chi connectivity index (χ1v) is 7.80. The van der Waals surface area contributed by atoms with E-state index in [1.54, 1.807) is 6.26 Å². The lowest BCUT2D eigenvalue weighted by Gasteiger charge is -2.29. The Morgan fingerprint density at radius 3 is 2.86 bits per heavy atom. The van der Waals surface area contributed by atoms with Crippen molar-refractivity contribution in [3.8, 4) is 5.75 Å². The van der Waals surface area contributed by atoms with Crippen LogP contribution in [0.4, 0.5) is 0 Å². The highest BCUT2D eigenvalue weighted by Crippen LogP contribution is 2.21. The average Bonchev–Trinajstić information content (AvgIpc) is 3.04. The van der Waals surface area contributed by atoms with Crippen molar-refractivity contribution in [3.05, 3.63) is 42.0 Å². The van der Waals surface area contributed by atoms with Gasteiger partial charge in [0.2, 0.25) is 12.7 Å². The van der Waals surface area contributed by atoms with Crippen LogP contribution in [0.1, 0.15) is 18.4 Å². The molecule has 1 saturated heterocycles. The predicted octanol–water partition coefficient (Wildman–Crippen LogP) is 2.39. The number of piperidine rings is 1. The van der Waals surface area contributed by atoms with Gasteiger partial charge in [-0.05, 0) is 37.6 Å². The van der Waals surface area contributed by atoms with E-state index in [0.29, 0.717) is 12.9 Å². The summed E-state index contributed by atoms with van der Waals surface area (Å²) in [7, 11) is 4.15. The largest absolute Gasteiger partial charge is 0.490 e. The third kappa shape index (κ3) is 3.85. The van der Waals surface area contributed by atoms with Gasteiger partial charge in [0.1, 0.15) is 18.1 Å². The van der Waals surface area contributed by atoms with E-state index in [1.165, 1.54) is 5.56 Å². The molecule has 3 rings (SSSR count). The van der Waals surface area contributed by atoms with Crippen LogP contribution in [0, 0.1) is 0 Å².